The van der Waals surface area contributed by atoms with Gasteiger partial charge in [-0.3, -0.25) is 9.69 Å². The van der Waals surface area contributed by atoms with Gasteiger partial charge in [-0.15, -0.1) is 11.3 Å². The topological polar surface area (TPSA) is 45.7 Å². The molecule has 0 aliphatic carbocycles. The molecule has 2 aliphatic heterocycles. The summed E-state index contributed by atoms with van der Waals surface area (Å²) in [4.78, 5) is 21.4. The fourth-order valence-electron chi connectivity index (χ4n) is 3.26. The van der Waals surface area contributed by atoms with Gasteiger partial charge in [0.15, 0.2) is 0 Å². The lowest BCUT2D eigenvalue weighted by Crippen LogP contribution is -2.62. The molecule has 1 aromatic heterocycles. The molecule has 0 spiro atoms. The number of nitrogens with zero attached hydrogens (tertiary/aromatic N) is 3. The third-order valence-electron chi connectivity index (χ3n) is 4.76. The summed E-state index contributed by atoms with van der Waals surface area (Å²) in [6.45, 7) is 7.23. The fourth-order valence-corrected chi connectivity index (χ4v) is 3.88. The van der Waals surface area contributed by atoms with Gasteiger partial charge in [-0.1, -0.05) is 12.1 Å². The van der Waals surface area contributed by atoms with Crippen molar-refractivity contribution in [3.63, 3.8) is 0 Å². The summed E-state index contributed by atoms with van der Waals surface area (Å²) in [5.41, 5.74) is 2.80. The molecule has 0 bridgehead atoms. The molecule has 0 radical (unpaired) electrons. The Hall–Kier alpha value is -1.76. The van der Waals surface area contributed by atoms with E-state index in [1.807, 2.05) is 36.1 Å². The monoisotopic (exact) mass is 343 g/mol. The average Bonchev–Trinajstić information content (AvgIpc) is 3.01. The van der Waals surface area contributed by atoms with E-state index in [2.05, 4.69) is 15.3 Å². The van der Waals surface area contributed by atoms with Crippen LogP contribution in [0.3, 0.4) is 0 Å². The first-order chi connectivity index (χ1) is 11.7. The van der Waals surface area contributed by atoms with Crippen molar-refractivity contribution in [3.8, 4) is 11.3 Å². The van der Waals surface area contributed by atoms with Crippen molar-refractivity contribution in [1.82, 2.24) is 14.8 Å². The Morgan fingerprint density at radius 2 is 1.92 bits per heavy atom. The summed E-state index contributed by atoms with van der Waals surface area (Å²) in [6.07, 6.45) is 0. The first kappa shape index (κ1) is 15.7. The normalized spacial score (nSPS) is 19.3. The maximum absolute atomic E-state index is 12.6. The molecule has 24 heavy (non-hydrogen) atoms. The molecule has 0 N–H and O–H groups in total. The fraction of sp³-hybridized carbons (Fsp3) is 0.444. The van der Waals surface area contributed by atoms with Gasteiger partial charge in [0.2, 0.25) is 0 Å². The van der Waals surface area contributed by atoms with Crippen LogP contribution in [-0.4, -0.2) is 66.1 Å². The van der Waals surface area contributed by atoms with Crippen LogP contribution in [0.15, 0.2) is 29.6 Å². The lowest BCUT2D eigenvalue weighted by Gasteiger charge is -2.46. The van der Waals surface area contributed by atoms with Crippen LogP contribution in [0.5, 0.6) is 0 Å². The number of amides is 1. The second-order valence-electron chi connectivity index (χ2n) is 6.34. The summed E-state index contributed by atoms with van der Waals surface area (Å²) in [7, 11) is 0. The first-order valence-corrected chi connectivity index (χ1v) is 9.22. The molecule has 3 heterocycles. The lowest BCUT2D eigenvalue weighted by molar-refractivity contribution is -0.0256. The van der Waals surface area contributed by atoms with Crippen molar-refractivity contribution in [1.29, 1.82) is 0 Å². The SMILES string of the molecule is Cc1nc(-c2ccc(C(=O)N3CC(N4CCOCC4)C3)cc2)cs1. The number of rotatable bonds is 3. The number of morpholine rings is 1. The number of aromatic nitrogens is 1. The van der Waals surface area contributed by atoms with Gasteiger partial charge in [-0.05, 0) is 19.1 Å². The molecule has 126 valence electrons. The van der Waals surface area contributed by atoms with Crippen LogP contribution in [-0.2, 0) is 4.74 Å². The van der Waals surface area contributed by atoms with Crippen molar-refractivity contribution in [2.45, 2.75) is 13.0 Å². The Morgan fingerprint density at radius 3 is 2.54 bits per heavy atom. The summed E-state index contributed by atoms with van der Waals surface area (Å²) in [5.74, 6) is 0.125. The highest BCUT2D eigenvalue weighted by molar-refractivity contribution is 7.09. The molecule has 1 aromatic carbocycles. The maximum Gasteiger partial charge on any atom is 0.253 e. The zero-order valence-electron chi connectivity index (χ0n) is 13.8. The van der Waals surface area contributed by atoms with Crippen molar-refractivity contribution in [2.75, 3.05) is 39.4 Å². The number of benzene rings is 1. The van der Waals surface area contributed by atoms with E-state index in [4.69, 9.17) is 4.74 Å². The molecular formula is C18H21N3O2S. The van der Waals surface area contributed by atoms with Crippen molar-refractivity contribution in [2.24, 2.45) is 0 Å². The minimum absolute atomic E-state index is 0.125. The van der Waals surface area contributed by atoms with Crippen molar-refractivity contribution in [3.05, 3.63) is 40.2 Å². The average molecular weight is 343 g/mol. The van der Waals surface area contributed by atoms with Gasteiger partial charge in [0.05, 0.1) is 23.9 Å². The van der Waals surface area contributed by atoms with Gasteiger partial charge in [0, 0.05) is 48.7 Å². The number of hydrogen-bond donors (Lipinski definition) is 0. The lowest BCUT2D eigenvalue weighted by atomic mass is 10.0. The summed E-state index contributed by atoms with van der Waals surface area (Å²) < 4.78 is 5.38. The van der Waals surface area contributed by atoms with E-state index in [1.165, 1.54) is 0 Å². The van der Waals surface area contributed by atoms with E-state index in [1.54, 1.807) is 11.3 Å². The van der Waals surface area contributed by atoms with Gasteiger partial charge >= 0.3 is 0 Å². The molecule has 6 heteroatoms. The number of ether oxygens (including phenoxy) is 1. The molecule has 2 saturated heterocycles. The highest BCUT2D eigenvalue weighted by atomic mass is 32.1. The van der Waals surface area contributed by atoms with Gasteiger partial charge in [-0.25, -0.2) is 4.98 Å². The molecule has 1 amide bonds. The molecule has 2 aliphatic rings. The number of thiazole rings is 1. The van der Waals surface area contributed by atoms with Crippen molar-refractivity contribution >= 4 is 17.2 Å². The van der Waals surface area contributed by atoms with E-state index in [0.29, 0.717) is 6.04 Å². The Kier molecular flexibility index (Phi) is 4.35. The summed E-state index contributed by atoms with van der Waals surface area (Å²) in [6, 6.07) is 8.29. The predicted molar refractivity (Wildman–Crippen MR) is 94.4 cm³/mol. The van der Waals surface area contributed by atoms with E-state index in [0.717, 1.165) is 61.2 Å². The van der Waals surface area contributed by atoms with Crippen LogP contribution in [0.25, 0.3) is 11.3 Å². The van der Waals surface area contributed by atoms with E-state index < -0.39 is 0 Å². The number of likely N-dealkylation sites (tertiary alicyclic amines) is 1. The first-order valence-electron chi connectivity index (χ1n) is 8.34. The van der Waals surface area contributed by atoms with E-state index in [9.17, 15) is 4.79 Å². The van der Waals surface area contributed by atoms with Crippen LogP contribution in [0.1, 0.15) is 15.4 Å². The highest BCUT2D eigenvalue weighted by Gasteiger charge is 2.35. The highest BCUT2D eigenvalue weighted by Crippen LogP contribution is 2.23. The molecule has 0 saturated carbocycles. The quantitative estimate of drug-likeness (QED) is 0.858. The van der Waals surface area contributed by atoms with Crippen LogP contribution in [0, 0.1) is 6.92 Å². The zero-order valence-corrected chi connectivity index (χ0v) is 14.6. The number of carbonyl (C=O) groups is 1. The standard InChI is InChI=1S/C18H21N3O2S/c1-13-19-17(12-24-13)14-2-4-15(5-3-14)18(22)21-10-16(11-21)20-6-8-23-9-7-20/h2-5,12,16H,6-11H2,1H3. The van der Waals surface area contributed by atoms with E-state index >= 15 is 0 Å². The van der Waals surface area contributed by atoms with Crippen LogP contribution >= 0.6 is 11.3 Å². The molecular weight excluding hydrogens is 322 g/mol. The molecule has 0 unspecified atom stereocenters. The Bertz CT molecular complexity index is 716. The number of carbonyl (C=O) groups excluding carboxylic acids is 1. The van der Waals surface area contributed by atoms with Gasteiger partial charge in [0.25, 0.3) is 5.91 Å². The minimum Gasteiger partial charge on any atom is -0.379 e. The Labute approximate surface area is 145 Å². The second kappa shape index (κ2) is 6.63. The number of aryl methyl sites for hydroxylation is 1. The molecule has 0 atom stereocenters. The van der Waals surface area contributed by atoms with Gasteiger partial charge < -0.3 is 9.64 Å². The van der Waals surface area contributed by atoms with Crippen LogP contribution in [0.2, 0.25) is 0 Å². The molecule has 5 nitrogen and oxygen atoms in total. The second-order valence-corrected chi connectivity index (χ2v) is 7.40. The minimum atomic E-state index is 0.125. The largest absolute Gasteiger partial charge is 0.379 e. The molecule has 2 fully saturated rings. The summed E-state index contributed by atoms with van der Waals surface area (Å²) in [5, 5.41) is 3.11. The summed E-state index contributed by atoms with van der Waals surface area (Å²) >= 11 is 1.64. The Morgan fingerprint density at radius 1 is 1.21 bits per heavy atom. The smallest absolute Gasteiger partial charge is 0.253 e. The van der Waals surface area contributed by atoms with Crippen molar-refractivity contribution < 1.29 is 9.53 Å². The van der Waals surface area contributed by atoms with Crippen LogP contribution in [0.4, 0.5) is 0 Å². The van der Waals surface area contributed by atoms with Crippen LogP contribution < -0.4 is 0 Å². The van der Waals surface area contributed by atoms with Gasteiger partial charge in [0.1, 0.15) is 0 Å². The molecule has 2 aromatic rings. The predicted octanol–water partition coefficient (Wildman–Crippen LogP) is 2.28. The van der Waals surface area contributed by atoms with E-state index in [-0.39, 0.29) is 5.91 Å². The molecule has 4 rings (SSSR count). The third-order valence-corrected chi connectivity index (χ3v) is 5.53. The maximum atomic E-state index is 12.6. The van der Waals surface area contributed by atoms with Gasteiger partial charge in [-0.2, -0.15) is 0 Å². The third kappa shape index (κ3) is 3.09. The number of hydrogen-bond acceptors (Lipinski definition) is 5. The Balaban J connectivity index is 1.37. The zero-order chi connectivity index (χ0) is 16.5.